The van der Waals surface area contributed by atoms with Gasteiger partial charge >= 0.3 is 5.97 Å². The van der Waals surface area contributed by atoms with Gasteiger partial charge in [-0.15, -0.1) is 0 Å². The molecule has 1 saturated heterocycles. The number of benzene rings is 2. The molecule has 4 heterocycles. The van der Waals surface area contributed by atoms with Crippen LogP contribution >= 0.6 is 11.6 Å². The second kappa shape index (κ2) is 12.2. The van der Waals surface area contributed by atoms with Crippen molar-refractivity contribution in [3.63, 3.8) is 0 Å². The minimum absolute atomic E-state index is 0.0272. The SMILES string of the molecule is CCc1nc(N)nc(N)c1-c1ccc(Cl)cc1.NC1[C@H]2CN(c3nc4c(cc3F)c(=O)c(C(=O)O)cn4-c3ccc(F)cc3F)C[C@@H]12. The molecule has 2 fully saturated rings. The molecule has 1 unspecified atom stereocenters. The summed E-state index contributed by atoms with van der Waals surface area (Å²) in [7, 11) is 0. The van der Waals surface area contributed by atoms with Crippen molar-refractivity contribution >= 4 is 46.2 Å². The van der Waals surface area contributed by atoms with Crippen LogP contribution in [0.5, 0.6) is 0 Å². The number of nitrogens with zero attached hydrogens (tertiary/aromatic N) is 5. The Morgan fingerprint density at radius 3 is 2.30 bits per heavy atom. The highest BCUT2D eigenvalue weighted by Crippen LogP contribution is 2.45. The highest BCUT2D eigenvalue weighted by Gasteiger charge is 2.54. The fourth-order valence-electron chi connectivity index (χ4n) is 5.93. The van der Waals surface area contributed by atoms with Gasteiger partial charge in [-0.25, -0.2) is 27.9 Å². The maximum Gasteiger partial charge on any atom is 0.341 e. The van der Waals surface area contributed by atoms with Gasteiger partial charge in [0.1, 0.15) is 23.0 Å². The number of aryl methyl sites for hydroxylation is 1. The first-order chi connectivity index (χ1) is 22.4. The maximum absolute atomic E-state index is 14.8. The molecule has 2 aromatic carbocycles. The molecule has 0 amide bonds. The van der Waals surface area contributed by atoms with Crippen molar-refractivity contribution in [1.29, 1.82) is 0 Å². The molecule has 1 aliphatic heterocycles. The van der Waals surface area contributed by atoms with Crippen LogP contribution in [0.2, 0.25) is 5.02 Å². The number of anilines is 3. The Kier molecular flexibility index (Phi) is 8.24. The summed E-state index contributed by atoms with van der Waals surface area (Å²) in [6.07, 6.45) is 1.66. The molecule has 0 bridgehead atoms. The van der Waals surface area contributed by atoms with Gasteiger partial charge in [-0.3, -0.25) is 9.36 Å². The van der Waals surface area contributed by atoms with Gasteiger partial charge in [0.2, 0.25) is 11.4 Å². The number of carboxylic acid groups (broad SMARTS) is 1. The first kappa shape index (κ1) is 31.8. The summed E-state index contributed by atoms with van der Waals surface area (Å²) < 4.78 is 43.7. The molecule has 1 saturated carbocycles. The molecule has 1 aliphatic carbocycles. The third-order valence-electron chi connectivity index (χ3n) is 8.37. The summed E-state index contributed by atoms with van der Waals surface area (Å²) in [6.45, 7) is 3.01. The predicted octanol–water partition coefficient (Wildman–Crippen LogP) is 4.42. The Bertz CT molecular complexity index is 2100. The first-order valence-corrected chi connectivity index (χ1v) is 14.9. The van der Waals surface area contributed by atoms with E-state index in [-0.39, 0.29) is 46.4 Å². The van der Waals surface area contributed by atoms with Crippen molar-refractivity contribution in [1.82, 2.24) is 19.5 Å². The Labute approximate surface area is 270 Å². The summed E-state index contributed by atoms with van der Waals surface area (Å²) in [5.74, 6) is -3.10. The van der Waals surface area contributed by atoms with E-state index in [2.05, 4.69) is 15.0 Å². The predicted molar refractivity (Wildman–Crippen MR) is 172 cm³/mol. The van der Waals surface area contributed by atoms with E-state index in [0.29, 0.717) is 30.0 Å². The third-order valence-corrected chi connectivity index (χ3v) is 8.62. The Morgan fingerprint density at radius 2 is 1.68 bits per heavy atom. The Morgan fingerprint density at radius 1 is 1.00 bits per heavy atom. The molecule has 3 atom stereocenters. The largest absolute Gasteiger partial charge is 0.477 e. The van der Waals surface area contributed by atoms with Crippen LogP contribution in [0.4, 0.5) is 30.8 Å². The number of aromatic nitrogens is 4. The van der Waals surface area contributed by atoms with Crippen molar-refractivity contribution in [2.24, 2.45) is 17.6 Å². The lowest BCUT2D eigenvalue weighted by molar-refractivity contribution is 0.0695. The summed E-state index contributed by atoms with van der Waals surface area (Å²) in [4.78, 5) is 38.3. The Balaban J connectivity index is 0.000000193. The van der Waals surface area contributed by atoms with Gasteiger partial charge < -0.3 is 27.2 Å². The van der Waals surface area contributed by atoms with Crippen LogP contribution in [0.3, 0.4) is 0 Å². The molecule has 7 N–H and O–H groups in total. The number of carboxylic acids is 1. The van der Waals surface area contributed by atoms with Crippen LogP contribution in [0.1, 0.15) is 23.0 Å². The van der Waals surface area contributed by atoms with Crippen LogP contribution in [0.15, 0.2) is 59.5 Å². The number of carbonyl (C=O) groups is 1. The van der Waals surface area contributed by atoms with Crippen molar-refractivity contribution in [2.45, 2.75) is 19.4 Å². The molecule has 5 aromatic rings. The monoisotopic (exact) mass is 664 g/mol. The summed E-state index contributed by atoms with van der Waals surface area (Å²) >= 11 is 5.86. The second-order valence-corrected chi connectivity index (χ2v) is 11.7. The van der Waals surface area contributed by atoms with E-state index in [4.69, 9.17) is 28.8 Å². The number of piperidine rings is 1. The quantitative estimate of drug-likeness (QED) is 0.210. The van der Waals surface area contributed by atoms with Crippen LogP contribution in [0.25, 0.3) is 27.8 Å². The molecule has 7 rings (SSSR count). The maximum atomic E-state index is 14.8. The zero-order valence-corrected chi connectivity index (χ0v) is 25.5. The number of nitrogen functional groups attached to an aromatic ring is 2. The molecular weight excluding hydrogens is 637 g/mol. The number of fused-ring (bicyclic) bond motifs is 2. The minimum Gasteiger partial charge on any atom is -0.477 e. The fraction of sp³-hybridized carbons (Fsp3) is 0.219. The molecule has 242 valence electrons. The molecule has 0 radical (unpaired) electrons. The molecule has 15 heteroatoms. The van der Waals surface area contributed by atoms with Gasteiger partial charge in [-0.2, -0.15) is 4.98 Å². The standard InChI is InChI=1S/C20H15F3N4O3.C12H13ClN4/c21-8-1-2-15(13(22)3-8)27-7-12(20(29)30)17(28)9-4-14(23)19(25-18(9)27)26-5-10-11(6-26)16(10)24;1-2-9-10(11(14)17-12(15)16-9)7-3-5-8(13)6-4-7/h1-4,7,10-11,16H,5-6,24H2,(H,29,30);3-6H,2H2,1H3,(H4,14,15,16,17)/t10-,11+,16?;. The van der Waals surface area contributed by atoms with Crippen LogP contribution in [0, 0.1) is 29.3 Å². The second-order valence-electron chi connectivity index (χ2n) is 11.3. The zero-order valence-electron chi connectivity index (χ0n) is 24.8. The van der Waals surface area contributed by atoms with Crippen molar-refractivity contribution in [3.05, 3.63) is 98.7 Å². The molecule has 3 aromatic heterocycles. The van der Waals surface area contributed by atoms with Gasteiger partial charge in [-0.1, -0.05) is 30.7 Å². The lowest BCUT2D eigenvalue weighted by Crippen LogP contribution is -2.30. The van der Waals surface area contributed by atoms with Crippen molar-refractivity contribution in [2.75, 3.05) is 29.5 Å². The van der Waals surface area contributed by atoms with Crippen LogP contribution < -0.4 is 27.5 Å². The topological polar surface area (TPSA) is 179 Å². The van der Waals surface area contributed by atoms with Crippen molar-refractivity contribution < 1.29 is 23.1 Å². The summed E-state index contributed by atoms with van der Waals surface area (Å²) in [6, 6.07) is 11.1. The van der Waals surface area contributed by atoms with Gasteiger partial charge in [0.15, 0.2) is 17.3 Å². The number of rotatable bonds is 5. The highest BCUT2D eigenvalue weighted by atomic mass is 35.5. The van der Waals surface area contributed by atoms with E-state index in [1.165, 1.54) is 0 Å². The minimum atomic E-state index is -1.56. The average Bonchev–Trinajstić information content (AvgIpc) is 3.39. The normalized spacial score (nSPS) is 18.1. The summed E-state index contributed by atoms with van der Waals surface area (Å²) in [5.41, 5.74) is 18.1. The molecule has 2 aliphatic rings. The highest BCUT2D eigenvalue weighted by molar-refractivity contribution is 6.30. The van der Waals surface area contributed by atoms with E-state index < -0.39 is 34.4 Å². The first-order valence-electron chi connectivity index (χ1n) is 14.5. The van der Waals surface area contributed by atoms with Gasteiger partial charge in [-0.05, 0) is 54.2 Å². The van der Waals surface area contributed by atoms with Crippen LogP contribution in [-0.2, 0) is 6.42 Å². The number of halogens is 4. The van der Waals surface area contributed by atoms with E-state index in [9.17, 15) is 27.9 Å². The number of nitrogens with two attached hydrogens (primary N) is 3. The summed E-state index contributed by atoms with van der Waals surface area (Å²) in [5, 5.41) is 9.73. The van der Waals surface area contributed by atoms with Gasteiger partial charge in [0.05, 0.1) is 16.8 Å². The molecule has 0 spiro atoms. The Hall–Kier alpha value is -5.21. The van der Waals surface area contributed by atoms with E-state index in [1.807, 2.05) is 31.2 Å². The average molecular weight is 665 g/mol. The third kappa shape index (κ3) is 5.92. The van der Waals surface area contributed by atoms with Gasteiger partial charge in [0, 0.05) is 42.0 Å². The van der Waals surface area contributed by atoms with E-state index in [1.54, 1.807) is 4.90 Å². The number of hydrogen-bond donors (Lipinski definition) is 4. The van der Waals surface area contributed by atoms with Crippen LogP contribution in [-0.4, -0.2) is 49.7 Å². The molecule has 11 nitrogen and oxygen atoms in total. The van der Waals surface area contributed by atoms with E-state index >= 15 is 0 Å². The number of pyridine rings is 2. The lowest BCUT2D eigenvalue weighted by Gasteiger charge is -2.22. The van der Waals surface area contributed by atoms with Gasteiger partial charge in [0.25, 0.3) is 0 Å². The molecular formula is C32H28ClF3N8O3. The zero-order chi connectivity index (χ0) is 33.7. The lowest BCUT2D eigenvalue weighted by atomic mass is 10.0. The molecule has 47 heavy (non-hydrogen) atoms. The van der Waals surface area contributed by atoms with E-state index in [0.717, 1.165) is 52.2 Å². The number of hydrogen-bond acceptors (Lipinski definition) is 9. The van der Waals surface area contributed by atoms with Crippen molar-refractivity contribution in [3.8, 4) is 16.8 Å². The smallest absolute Gasteiger partial charge is 0.341 e. The fourth-order valence-corrected chi connectivity index (χ4v) is 6.05. The number of aromatic carboxylic acids is 1.